The minimum Gasteiger partial charge on any atom is -0.288 e. The quantitative estimate of drug-likeness (QED) is 0.696. The van der Waals surface area contributed by atoms with Crippen LogP contribution in [-0.2, 0) is 7.05 Å². The van der Waals surface area contributed by atoms with E-state index in [2.05, 4.69) is 41.2 Å². The van der Waals surface area contributed by atoms with Crippen LogP contribution in [0.1, 0.15) is 45.5 Å². The van der Waals surface area contributed by atoms with E-state index in [1.165, 1.54) is 6.42 Å². The van der Waals surface area contributed by atoms with E-state index in [1.807, 2.05) is 7.05 Å². The molecule has 15 heavy (non-hydrogen) atoms. The number of hydrogen-bond donors (Lipinski definition) is 0. The molecule has 0 aliphatic carbocycles. The van der Waals surface area contributed by atoms with Crippen LogP contribution in [0.2, 0.25) is 0 Å². The third kappa shape index (κ3) is 1.88. The average Bonchev–Trinajstić information content (AvgIpc) is 2.69. The van der Waals surface area contributed by atoms with Gasteiger partial charge >= 0.3 is 0 Å². The monoisotopic (exact) mass is 209 g/mol. The van der Waals surface area contributed by atoms with Crippen molar-refractivity contribution in [2.24, 2.45) is 7.05 Å². The van der Waals surface area contributed by atoms with Crippen molar-refractivity contribution >= 4 is 0 Å². The average molecular weight is 209 g/mol. The van der Waals surface area contributed by atoms with Crippen molar-refractivity contribution in [1.82, 2.24) is 25.1 Å². The zero-order valence-electron chi connectivity index (χ0n) is 9.93. The fourth-order valence-electron chi connectivity index (χ4n) is 2.36. The molecule has 0 bridgehead atoms. The normalized spacial score (nSPS) is 23.6. The summed E-state index contributed by atoms with van der Waals surface area (Å²) >= 11 is 0. The van der Waals surface area contributed by atoms with Gasteiger partial charge in [0.25, 0.3) is 0 Å². The first-order valence-electron chi connectivity index (χ1n) is 5.49. The van der Waals surface area contributed by atoms with Crippen LogP contribution in [-0.4, -0.2) is 37.2 Å². The van der Waals surface area contributed by atoms with Crippen LogP contribution in [0.3, 0.4) is 0 Å². The molecule has 1 saturated heterocycles. The molecule has 1 atom stereocenters. The third-order valence-electron chi connectivity index (χ3n) is 3.07. The number of tetrazole rings is 1. The summed E-state index contributed by atoms with van der Waals surface area (Å²) in [4.78, 5) is 2.48. The molecule has 0 saturated carbocycles. The predicted octanol–water partition coefficient (Wildman–Crippen LogP) is 1.15. The molecule has 0 amide bonds. The molecule has 0 N–H and O–H groups in total. The summed E-state index contributed by atoms with van der Waals surface area (Å²) in [6.45, 7) is 7.88. The molecule has 1 aliphatic heterocycles. The van der Waals surface area contributed by atoms with Crippen LogP contribution < -0.4 is 0 Å². The Morgan fingerprint density at radius 1 is 1.33 bits per heavy atom. The molecular weight excluding hydrogens is 190 g/mol. The number of aromatic nitrogens is 4. The van der Waals surface area contributed by atoms with Crippen LogP contribution in [0.25, 0.3) is 0 Å². The van der Waals surface area contributed by atoms with Gasteiger partial charge in [0.05, 0.1) is 6.04 Å². The zero-order chi connectivity index (χ0) is 11.1. The third-order valence-corrected chi connectivity index (χ3v) is 3.07. The van der Waals surface area contributed by atoms with Gasteiger partial charge in [0.15, 0.2) is 5.82 Å². The van der Waals surface area contributed by atoms with Gasteiger partial charge in [-0.25, -0.2) is 4.68 Å². The van der Waals surface area contributed by atoms with Crippen LogP contribution in [0.4, 0.5) is 0 Å². The molecular formula is C10H19N5. The number of rotatable bonds is 1. The van der Waals surface area contributed by atoms with E-state index >= 15 is 0 Å². The Kier molecular flexibility index (Phi) is 2.50. The van der Waals surface area contributed by atoms with Crippen LogP contribution >= 0.6 is 0 Å². The fraction of sp³-hybridized carbons (Fsp3) is 0.900. The second-order valence-electron chi connectivity index (χ2n) is 5.18. The molecule has 2 rings (SSSR count). The van der Waals surface area contributed by atoms with Gasteiger partial charge in [-0.1, -0.05) is 0 Å². The smallest absolute Gasteiger partial charge is 0.168 e. The van der Waals surface area contributed by atoms with Gasteiger partial charge in [-0.2, -0.15) is 0 Å². The maximum Gasteiger partial charge on any atom is 0.168 e. The van der Waals surface area contributed by atoms with E-state index in [9.17, 15) is 0 Å². The zero-order valence-corrected chi connectivity index (χ0v) is 9.93. The van der Waals surface area contributed by atoms with Crippen molar-refractivity contribution in [3.63, 3.8) is 0 Å². The van der Waals surface area contributed by atoms with E-state index in [-0.39, 0.29) is 5.54 Å². The van der Waals surface area contributed by atoms with E-state index in [1.54, 1.807) is 4.68 Å². The van der Waals surface area contributed by atoms with E-state index in [4.69, 9.17) is 0 Å². The van der Waals surface area contributed by atoms with Gasteiger partial charge in [0, 0.05) is 12.6 Å². The lowest BCUT2D eigenvalue weighted by Gasteiger charge is -2.36. The Morgan fingerprint density at radius 2 is 2.07 bits per heavy atom. The van der Waals surface area contributed by atoms with Crippen molar-refractivity contribution in [2.75, 3.05) is 6.54 Å². The molecule has 1 unspecified atom stereocenters. The SMILES string of the molecule is Cn1nnnc1C1CCCN1C(C)(C)C. The maximum absolute atomic E-state index is 4.12. The van der Waals surface area contributed by atoms with Crippen LogP contribution in [0.5, 0.6) is 0 Å². The van der Waals surface area contributed by atoms with Crippen LogP contribution in [0, 0.1) is 0 Å². The molecule has 1 aromatic heterocycles. The highest BCUT2D eigenvalue weighted by Crippen LogP contribution is 2.35. The molecule has 0 spiro atoms. The predicted molar refractivity (Wildman–Crippen MR) is 57.2 cm³/mol. The molecule has 1 fully saturated rings. The Morgan fingerprint density at radius 3 is 2.60 bits per heavy atom. The summed E-state index contributed by atoms with van der Waals surface area (Å²) < 4.78 is 1.79. The first-order chi connectivity index (χ1) is 7.00. The maximum atomic E-state index is 4.12. The Labute approximate surface area is 90.5 Å². The van der Waals surface area contributed by atoms with Crippen LogP contribution in [0.15, 0.2) is 0 Å². The minimum absolute atomic E-state index is 0.188. The minimum atomic E-state index is 0.188. The molecule has 2 heterocycles. The van der Waals surface area contributed by atoms with Crippen molar-refractivity contribution in [3.8, 4) is 0 Å². The second kappa shape index (κ2) is 3.56. The summed E-state index contributed by atoms with van der Waals surface area (Å²) in [5.41, 5.74) is 0.188. The molecule has 5 heteroatoms. The van der Waals surface area contributed by atoms with Gasteiger partial charge in [-0.3, -0.25) is 4.90 Å². The summed E-state index contributed by atoms with van der Waals surface area (Å²) in [6, 6.07) is 0.380. The van der Waals surface area contributed by atoms with E-state index < -0.39 is 0 Å². The molecule has 1 aliphatic rings. The van der Waals surface area contributed by atoms with Crippen molar-refractivity contribution < 1.29 is 0 Å². The Balaban J connectivity index is 2.26. The number of aryl methyl sites for hydroxylation is 1. The van der Waals surface area contributed by atoms with E-state index in [0.29, 0.717) is 6.04 Å². The summed E-state index contributed by atoms with van der Waals surface area (Å²) in [5.74, 6) is 0.988. The second-order valence-corrected chi connectivity index (χ2v) is 5.18. The van der Waals surface area contributed by atoms with Crippen molar-refractivity contribution in [2.45, 2.75) is 45.2 Å². The van der Waals surface area contributed by atoms with Gasteiger partial charge in [-0.05, 0) is 50.6 Å². The van der Waals surface area contributed by atoms with Gasteiger partial charge < -0.3 is 0 Å². The summed E-state index contributed by atoms with van der Waals surface area (Å²) in [6.07, 6.45) is 2.39. The number of nitrogens with zero attached hydrogens (tertiary/aromatic N) is 5. The molecule has 0 radical (unpaired) electrons. The lowest BCUT2D eigenvalue weighted by Crippen LogP contribution is -2.41. The Hall–Kier alpha value is -0.970. The van der Waals surface area contributed by atoms with Gasteiger partial charge in [0.2, 0.25) is 0 Å². The largest absolute Gasteiger partial charge is 0.288 e. The first kappa shape index (κ1) is 10.5. The Bertz CT molecular complexity index is 338. The van der Waals surface area contributed by atoms with Gasteiger partial charge in [0.1, 0.15) is 0 Å². The lowest BCUT2D eigenvalue weighted by molar-refractivity contribution is 0.115. The highest BCUT2D eigenvalue weighted by atomic mass is 15.5. The van der Waals surface area contributed by atoms with Crippen molar-refractivity contribution in [3.05, 3.63) is 5.82 Å². The molecule has 1 aromatic rings. The fourth-order valence-corrected chi connectivity index (χ4v) is 2.36. The van der Waals surface area contributed by atoms with E-state index in [0.717, 1.165) is 18.8 Å². The van der Waals surface area contributed by atoms with Crippen molar-refractivity contribution in [1.29, 1.82) is 0 Å². The first-order valence-corrected chi connectivity index (χ1v) is 5.49. The number of likely N-dealkylation sites (tertiary alicyclic amines) is 1. The molecule has 0 aromatic carbocycles. The summed E-state index contributed by atoms with van der Waals surface area (Å²) in [7, 11) is 1.91. The number of hydrogen-bond acceptors (Lipinski definition) is 4. The molecule has 5 nitrogen and oxygen atoms in total. The lowest BCUT2D eigenvalue weighted by atomic mass is 10.0. The summed E-state index contributed by atoms with van der Waals surface area (Å²) in [5, 5.41) is 11.7. The standard InChI is InChI=1S/C10H19N5/c1-10(2,3)15-7-5-6-8(15)9-11-12-13-14(9)4/h8H,5-7H2,1-4H3. The topological polar surface area (TPSA) is 46.8 Å². The highest BCUT2D eigenvalue weighted by molar-refractivity contribution is 4.99. The van der Waals surface area contributed by atoms with Gasteiger partial charge in [-0.15, -0.1) is 5.10 Å². The highest BCUT2D eigenvalue weighted by Gasteiger charge is 2.36. The molecule has 84 valence electrons.